The standard InChI is InChI=1S/C9H14N2O3/c10-7-9(1-5-14-6-2-9)8(13)11-3-4-12/h12H,1-6H2,(H,11,13). The molecule has 0 aromatic carbocycles. The van der Waals surface area contributed by atoms with E-state index in [-0.39, 0.29) is 19.1 Å². The molecule has 1 rings (SSSR count). The first-order valence-corrected chi connectivity index (χ1v) is 4.63. The van der Waals surface area contributed by atoms with E-state index >= 15 is 0 Å². The van der Waals surface area contributed by atoms with E-state index in [1.807, 2.05) is 0 Å². The number of aliphatic hydroxyl groups excluding tert-OH is 1. The quantitative estimate of drug-likeness (QED) is 0.635. The molecular formula is C9H14N2O3. The molecule has 0 radical (unpaired) electrons. The van der Waals surface area contributed by atoms with Crippen LogP contribution < -0.4 is 5.32 Å². The molecule has 0 spiro atoms. The van der Waals surface area contributed by atoms with E-state index in [0.717, 1.165) is 0 Å². The van der Waals surface area contributed by atoms with Crippen LogP contribution in [-0.4, -0.2) is 37.4 Å². The summed E-state index contributed by atoms with van der Waals surface area (Å²) in [6, 6.07) is 2.05. The van der Waals surface area contributed by atoms with Crippen LogP contribution in [0.1, 0.15) is 12.8 Å². The summed E-state index contributed by atoms with van der Waals surface area (Å²) in [6.45, 7) is 0.979. The van der Waals surface area contributed by atoms with Gasteiger partial charge in [0, 0.05) is 19.8 Å². The van der Waals surface area contributed by atoms with E-state index in [1.54, 1.807) is 0 Å². The van der Waals surface area contributed by atoms with E-state index in [4.69, 9.17) is 15.1 Å². The third-order valence-electron chi connectivity index (χ3n) is 2.39. The summed E-state index contributed by atoms with van der Waals surface area (Å²) in [4.78, 5) is 11.6. The summed E-state index contributed by atoms with van der Waals surface area (Å²) in [6.07, 6.45) is 0.863. The van der Waals surface area contributed by atoms with Gasteiger partial charge in [-0.1, -0.05) is 0 Å². The maximum absolute atomic E-state index is 11.6. The molecule has 0 aromatic heterocycles. The second-order valence-electron chi connectivity index (χ2n) is 3.29. The van der Waals surface area contributed by atoms with Crippen molar-refractivity contribution in [2.24, 2.45) is 5.41 Å². The van der Waals surface area contributed by atoms with Gasteiger partial charge < -0.3 is 15.2 Å². The largest absolute Gasteiger partial charge is 0.395 e. The number of ether oxygens (including phenoxy) is 1. The molecule has 2 N–H and O–H groups in total. The van der Waals surface area contributed by atoms with Crippen LogP contribution in [-0.2, 0) is 9.53 Å². The number of aliphatic hydroxyl groups is 1. The van der Waals surface area contributed by atoms with Crippen molar-refractivity contribution in [2.45, 2.75) is 12.8 Å². The van der Waals surface area contributed by atoms with Gasteiger partial charge >= 0.3 is 0 Å². The van der Waals surface area contributed by atoms with Crippen molar-refractivity contribution < 1.29 is 14.6 Å². The Bertz CT molecular complexity index is 241. The normalized spacial score (nSPS) is 19.7. The lowest BCUT2D eigenvalue weighted by molar-refractivity contribution is -0.132. The fraction of sp³-hybridized carbons (Fsp3) is 0.778. The molecule has 1 aliphatic heterocycles. The summed E-state index contributed by atoms with van der Waals surface area (Å²) < 4.78 is 5.10. The van der Waals surface area contributed by atoms with Crippen molar-refractivity contribution >= 4 is 5.91 Å². The Balaban J connectivity index is 2.59. The average molecular weight is 198 g/mol. The molecule has 1 aliphatic rings. The van der Waals surface area contributed by atoms with Crippen LogP contribution in [0.3, 0.4) is 0 Å². The highest BCUT2D eigenvalue weighted by Gasteiger charge is 2.40. The highest BCUT2D eigenvalue weighted by Crippen LogP contribution is 2.29. The zero-order valence-corrected chi connectivity index (χ0v) is 7.95. The maximum atomic E-state index is 11.6. The molecule has 0 bridgehead atoms. The van der Waals surface area contributed by atoms with E-state index in [9.17, 15) is 4.79 Å². The molecule has 0 aromatic rings. The van der Waals surface area contributed by atoms with Gasteiger partial charge in [-0.25, -0.2) is 0 Å². The summed E-state index contributed by atoms with van der Waals surface area (Å²) in [5.74, 6) is -0.294. The molecule has 0 saturated carbocycles. The van der Waals surface area contributed by atoms with Crippen LogP contribution in [0.5, 0.6) is 0 Å². The van der Waals surface area contributed by atoms with E-state index in [1.165, 1.54) is 0 Å². The molecule has 0 atom stereocenters. The molecular weight excluding hydrogens is 184 g/mol. The number of hydrogen-bond donors (Lipinski definition) is 2. The maximum Gasteiger partial charge on any atom is 0.240 e. The molecule has 1 fully saturated rings. The number of nitriles is 1. The van der Waals surface area contributed by atoms with Crippen molar-refractivity contribution in [1.29, 1.82) is 5.26 Å². The monoisotopic (exact) mass is 198 g/mol. The van der Waals surface area contributed by atoms with Gasteiger partial charge in [0.05, 0.1) is 12.7 Å². The van der Waals surface area contributed by atoms with E-state index in [2.05, 4.69) is 11.4 Å². The average Bonchev–Trinajstić information content (AvgIpc) is 2.26. The molecule has 78 valence electrons. The predicted molar refractivity (Wildman–Crippen MR) is 48.2 cm³/mol. The van der Waals surface area contributed by atoms with Crippen LogP contribution >= 0.6 is 0 Å². The van der Waals surface area contributed by atoms with Crippen LogP contribution in [0.25, 0.3) is 0 Å². The molecule has 1 saturated heterocycles. The lowest BCUT2D eigenvalue weighted by Gasteiger charge is -2.29. The van der Waals surface area contributed by atoms with Gasteiger partial charge in [-0.3, -0.25) is 4.79 Å². The number of nitrogens with one attached hydrogen (secondary N) is 1. The third-order valence-corrected chi connectivity index (χ3v) is 2.39. The zero-order chi connectivity index (χ0) is 10.4. The summed E-state index contributed by atoms with van der Waals surface area (Å²) in [5, 5.41) is 20.1. The fourth-order valence-corrected chi connectivity index (χ4v) is 1.45. The van der Waals surface area contributed by atoms with Gasteiger partial charge in [0.1, 0.15) is 5.41 Å². The van der Waals surface area contributed by atoms with Gasteiger partial charge in [0.15, 0.2) is 0 Å². The molecule has 5 nitrogen and oxygen atoms in total. The van der Waals surface area contributed by atoms with Crippen molar-refractivity contribution in [2.75, 3.05) is 26.4 Å². The van der Waals surface area contributed by atoms with Gasteiger partial charge in [0.25, 0.3) is 0 Å². The second kappa shape index (κ2) is 4.94. The SMILES string of the molecule is N#CC1(C(=O)NCCO)CCOCC1. The first-order chi connectivity index (χ1) is 6.75. The van der Waals surface area contributed by atoms with Crippen molar-refractivity contribution in [3.8, 4) is 6.07 Å². The highest BCUT2D eigenvalue weighted by molar-refractivity contribution is 5.85. The lowest BCUT2D eigenvalue weighted by atomic mass is 9.81. The minimum Gasteiger partial charge on any atom is -0.395 e. The van der Waals surface area contributed by atoms with Crippen LogP contribution in [0, 0.1) is 16.7 Å². The van der Waals surface area contributed by atoms with Crippen molar-refractivity contribution in [3.05, 3.63) is 0 Å². The van der Waals surface area contributed by atoms with Gasteiger partial charge in [-0.2, -0.15) is 5.26 Å². The number of rotatable bonds is 3. The zero-order valence-electron chi connectivity index (χ0n) is 7.95. The fourth-order valence-electron chi connectivity index (χ4n) is 1.45. The molecule has 1 heterocycles. The number of carbonyl (C=O) groups excluding carboxylic acids is 1. The minimum absolute atomic E-state index is 0.107. The van der Waals surface area contributed by atoms with Crippen molar-refractivity contribution in [1.82, 2.24) is 5.32 Å². The summed E-state index contributed by atoms with van der Waals surface area (Å²) >= 11 is 0. The highest BCUT2D eigenvalue weighted by atomic mass is 16.5. The van der Waals surface area contributed by atoms with Crippen LogP contribution in [0.2, 0.25) is 0 Å². The van der Waals surface area contributed by atoms with Crippen molar-refractivity contribution in [3.63, 3.8) is 0 Å². The number of amides is 1. The predicted octanol–water partition coefficient (Wildman–Crippen LogP) is -0.585. The van der Waals surface area contributed by atoms with Gasteiger partial charge in [-0.15, -0.1) is 0 Å². The number of carbonyl (C=O) groups is 1. The molecule has 1 amide bonds. The Morgan fingerprint density at radius 1 is 1.57 bits per heavy atom. The second-order valence-corrected chi connectivity index (χ2v) is 3.29. The Morgan fingerprint density at radius 2 is 2.21 bits per heavy atom. The lowest BCUT2D eigenvalue weighted by Crippen LogP contribution is -2.44. The third kappa shape index (κ3) is 2.22. The Labute approximate surface area is 82.7 Å². The van der Waals surface area contributed by atoms with Gasteiger partial charge in [-0.05, 0) is 12.8 Å². The van der Waals surface area contributed by atoms with Gasteiger partial charge in [0.2, 0.25) is 5.91 Å². The van der Waals surface area contributed by atoms with Crippen LogP contribution in [0.15, 0.2) is 0 Å². The Kier molecular flexibility index (Phi) is 3.86. The van der Waals surface area contributed by atoms with E-state index in [0.29, 0.717) is 26.1 Å². The first-order valence-electron chi connectivity index (χ1n) is 4.63. The van der Waals surface area contributed by atoms with Crippen LogP contribution in [0.4, 0.5) is 0 Å². The first kappa shape index (κ1) is 11.0. The molecule has 0 unspecified atom stereocenters. The van der Waals surface area contributed by atoms with E-state index < -0.39 is 5.41 Å². The Morgan fingerprint density at radius 3 is 2.71 bits per heavy atom. The summed E-state index contributed by atoms with van der Waals surface area (Å²) in [7, 11) is 0. The summed E-state index contributed by atoms with van der Waals surface area (Å²) in [5.41, 5.74) is -0.951. The number of nitrogens with zero attached hydrogens (tertiary/aromatic N) is 1. The molecule has 14 heavy (non-hydrogen) atoms. The minimum atomic E-state index is -0.951. The molecule has 5 heteroatoms. The number of hydrogen-bond acceptors (Lipinski definition) is 4. The topological polar surface area (TPSA) is 82.4 Å². The molecule has 0 aliphatic carbocycles. The Hall–Kier alpha value is -1.12. The smallest absolute Gasteiger partial charge is 0.240 e.